The lowest BCUT2D eigenvalue weighted by atomic mass is 10.0. The molecule has 1 aliphatic rings. The van der Waals surface area contributed by atoms with Crippen molar-refractivity contribution in [1.29, 1.82) is 0 Å². The fourth-order valence-corrected chi connectivity index (χ4v) is 3.21. The highest BCUT2D eigenvalue weighted by atomic mass is 16.5. The van der Waals surface area contributed by atoms with Crippen molar-refractivity contribution in [3.05, 3.63) is 64.7 Å². The molecule has 3 rings (SSSR count). The third kappa shape index (κ3) is 4.19. The molecule has 0 bridgehead atoms. The molecule has 1 N–H and O–H groups in total. The van der Waals surface area contributed by atoms with Crippen molar-refractivity contribution in [2.75, 3.05) is 25.1 Å². The minimum atomic E-state index is -0.353. The molecule has 1 saturated heterocycles. The highest BCUT2D eigenvalue weighted by Gasteiger charge is 2.34. The van der Waals surface area contributed by atoms with E-state index in [1.165, 1.54) is 0 Å². The van der Waals surface area contributed by atoms with Crippen LogP contribution in [0, 0.1) is 13.8 Å². The van der Waals surface area contributed by atoms with Crippen LogP contribution in [0.25, 0.3) is 0 Å². The van der Waals surface area contributed by atoms with E-state index >= 15 is 0 Å². The van der Waals surface area contributed by atoms with Crippen LogP contribution in [0.15, 0.2) is 42.5 Å². The molecule has 0 aromatic heterocycles. The summed E-state index contributed by atoms with van der Waals surface area (Å²) in [5.41, 5.74) is 3.63. The Morgan fingerprint density at radius 3 is 2.52 bits per heavy atom. The largest absolute Gasteiger partial charge is 0.377 e. The van der Waals surface area contributed by atoms with Gasteiger partial charge in [-0.3, -0.25) is 9.59 Å². The minimum absolute atomic E-state index is 0.0504. The van der Waals surface area contributed by atoms with Crippen molar-refractivity contribution in [3.63, 3.8) is 0 Å². The van der Waals surface area contributed by atoms with Crippen LogP contribution >= 0.6 is 0 Å². The van der Waals surface area contributed by atoms with Gasteiger partial charge in [0.25, 0.3) is 11.8 Å². The molecular weight excluding hydrogens is 340 g/mol. The summed E-state index contributed by atoms with van der Waals surface area (Å²) >= 11 is 0. The first kappa shape index (κ1) is 19.1. The van der Waals surface area contributed by atoms with Crippen molar-refractivity contribution in [2.45, 2.75) is 33.2 Å². The zero-order valence-corrected chi connectivity index (χ0v) is 16.3. The first-order valence-electron chi connectivity index (χ1n) is 9.16. The van der Waals surface area contributed by atoms with Gasteiger partial charge in [-0.05, 0) is 69.2 Å². The Labute approximate surface area is 160 Å². The van der Waals surface area contributed by atoms with Gasteiger partial charge in [0.2, 0.25) is 0 Å². The summed E-state index contributed by atoms with van der Waals surface area (Å²) in [6.07, 6.45) is 0. The van der Waals surface area contributed by atoms with E-state index in [1.54, 1.807) is 24.3 Å². The Bertz CT molecular complexity index is 874. The second kappa shape index (κ2) is 7.53. The van der Waals surface area contributed by atoms with E-state index in [9.17, 15) is 9.59 Å². The molecule has 5 nitrogen and oxygen atoms in total. The highest BCUT2D eigenvalue weighted by Crippen LogP contribution is 2.23. The number of ether oxygens (including phenoxy) is 1. The number of anilines is 1. The summed E-state index contributed by atoms with van der Waals surface area (Å²) in [6, 6.07) is 12.7. The number of nitrogens with one attached hydrogen (secondary N) is 1. The summed E-state index contributed by atoms with van der Waals surface area (Å²) in [6.45, 7) is 9.60. The van der Waals surface area contributed by atoms with E-state index in [2.05, 4.69) is 5.32 Å². The molecule has 0 aliphatic carbocycles. The van der Waals surface area contributed by atoms with Gasteiger partial charge in [0.1, 0.15) is 0 Å². The third-order valence-electron chi connectivity index (χ3n) is 5.03. The van der Waals surface area contributed by atoms with Gasteiger partial charge in [0, 0.05) is 23.4 Å². The second-order valence-corrected chi connectivity index (χ2v) is 7.66. The number of hydrogen-bond donors (Lipinski definition) is 1. The zero-order valence-electron chi connectivity index (χ0n) is 16.3. The number of nitrogens with zero attached hydrogens (tertiary/aromatic N) is 1. The molecule has 27 heavy (non-hydrogen) atoms. The first-order chi connectivity index (χ1) is 12.8. The maximum atomic E-state index is 13.0. The molecule has 1 aliphatic heterocycles. The average Bonchev–Trinajstić information content (AvgIpc) is 2.63. The van der Waals surface area contributed by atoms with Crippen molar-refractivity contribution in [1.82, 2.24) is 4.90 Å². The molecule has 1 fully saturated rings. The van der Waals surface area contributed by atoms with Crippen molar-refractivity contribution < 1.29 is 14.3 Å². The number of carbonyl (C=O) groups is 2. The Hall–Kier alpha value is -2.66. The lowest BCUT2D eigenvalue weighted by Gasteiger charge is -2.42. The lowest BCUT2D eigenvalue weighted by Crippen LogP contribution is -2.55. The van der Waals surface area contributed by atoms with Crippen molar-refractivity contribution in [2.24, 2.45) is 0 Å². The molecule has 0 atom stereocenters. The Morgan fingerprint density at radius 2 is 1.81 bits per heavy atom. The molecular formula is C22H26N2O3. The van der Waals surface area contributed by atoms with E-state index in [1.807, 2.05) is 50.8 Å². The predicted octanol–water partition coefficient (Wildman–Crippen LogP) is 3.81. The Balaban J connectivity index is 1.78. The number of carbonyl (C=O) groups excluding carboxylic acids is 2. The molecule has 142 valence electrons. The van der Waals surface area contributed by atoms with Crippen molar-refractivity contribution in [3.8, 4) is 0 Å². The van der Waals surface area contributed by atoms with Crippen LogP contribution in [0.1, 0.15) is 45.7 Å². The van der Waals surface area contributed by atoms with Gasteiger partial charge in [-0.2, -0.15) is 0 Å². The first-order valence-corrected chi connectivity index (χ1v) is 9.16. The van der Waals surface area contributed by atoms with Gasteiger partial charge in [-0.1, -0.05) is 12.1 Å². The lowest BCUT2D eigenvalue weighted by molar-refractivity contribution is -0.0370. The van der Waals surface area contributed by atoms with Gasteiger partial charge in [-0.25, -0.2) is 0 Å². The molecule has 0 spiro atoms. The van der Waals surface area contributed by atoms with Crippen LogP contribution in [0.2, 0.25) is 0 Å². The van der Waals surface area contributed by atoms with Gasteiger partial charge < -0.3 is 15.0 Å². The number of rotatable bonds is 3. The number of aryl methyl sites for hydroxylation is 2. The standard InChI is InChI=1S/C22H26N2O3/c1-15-8-9-17(12-16(15)2)20(25)23-19-7-5-6-18(13-19)21(26)24-10-11-27-14-22(24,3)4/h5-9,12-13H,10-11,14H2,1-4H3,(H,23,25). The molecule has 2 aromatic rings. The smallest absolute Gasteiger partial charge is 0.255 e. The molecule has 5 heteroatoms. The topological polar surface area (TPSA) is 58.6 Å². The van der Waals surface area contributed by atoms with E-state index in [-0.39, 0.29) is 17.4 Å². The molecule has 0 unspecified atom stereocenters. The summed E-state index contributed by atoms with van der Waals surface area (Å²) in [5, 5.41) is 2.89. The van der Waals surface area contributed by atoms with Crippen LogP contribution in [-0.2, 0) is 4.74 Å². The van der Waals surface area contributed by atoms with Gasteiger partial charge in [-0.15, -0.1) is 0 Å². The van der Waals surface area contributed by atoms with Crippen LogP contribution in [-0.4, -0.2) is 42.0 Å². The molecule has 0 radical (unpaired) electrons. The fraction of sp³-hybridized carbons (Fsp3) is 0.364. The van der Waals surface area contributed by atoms with Crippen LogP contribution in [0.5, 0.6) is 0 Å². The van der Waals surface area contributed by atoms with E-state index in [0.29, 0.717) is 36.6 Å². The highest BCUT2D eigenvalue weighted by molar-refractivity contribution is 6.05. The Morgan fingerprint density at radius 1 is 1.04 bits per heavy atom. The summed E-state index contributed by atoms with van der Waals surface area (Å²) in [4.78, 5) is 27.3. The normalized spacial score (nSPS) is 16.1. The molecule has 0 saturated carbocycles. The monoisotopic (exact) mass is 366 g/mol. The number of benzene rings is 2. The SMILES string of the molecule is Cc1ccc(C(=O)Nc2cccc(C(=O)N3CCOCC3(C)C)c2)cc1C. The van der Waals surface area contributed by atoms with E-state index in [0.717, 1.165) is 11.1 Å². The maximum absolute atomic E-state index is 13.0. The van der Waals surface area contributed by atoms with Crippen LogP contribution in [0.3, 0.4) is 0 Å². The van der Waals surface area contributed by atoms with Gasteiger partial charge in [0.15, 0.2) is 0 Å². The summed E-state index contributed by atoms with van der Waals surface area (Å²) < 4.78 is 5.49. The second-order valence-electron chi connectivity index (χ2n) is 7.66. The number of hydrogen-bond acceptors (Lipinski definition) is 3. The quantitative estimate of drug-likeness (QED) is 0.899. The van der Waals surface area contributed by atoms with Gasteiger partial charge >= 0.3 is 0 Å². The fourth-order valence-electron chi connectivity index (χ4n) is 3.21. The van der Waals surface area contributed by atoms with E-state index in [4.69, 9.17) is 4.74 Å². The van der Waals surface area contributed by atoms with Crippen LogP contribution in [0.4, 0.5) is 5.69 Å². The number of morpholine rings is 1. The predicted molar refractivity (Wildman–Crippen MR) is 106 cm³/mol. The number of amides is 2. The van der Waals surface area contributed by atoms with Gasteiger partial charge in [0.05, 0.1) is 18.8 Å². The summed E-state index contributed by atoms with van der Waals surface area (Å²) in [5.74, 6) is -0.236. The van der Waals surface area contributed by atoms with Crippen molar-refractivity contribution >= 4 is 17.5 Å². The van der Waals surface area contributed by atoms with Crippen LogP contribution < -0.4 is 5.32 Å². The third-order valence-corrected chi connectivity index (χ3v) is 5.03. The molecule has 2 aromatic carbocycles. The zero-order chi connectivity index (χ0) is 19.6. The Kier molecular flexibility index (Phi) is 5.33. The van der Waals surface area contributed by atoms with E-state index < -0.39 is 0 Å². The maximum Gasteiger partial charge on any atom is 0.255 e. The minimum Gasteiger partial charge on any atom is -0.377 e. The molecule has 1 heterocycles. The summed E-state index contributed by atoms with van der Waals surface area (Å²) in [7, 11) is 0. The molecule has 2 amide bonds. The average molecular weight is 366 g/mol.